The number of hydrogen-bond donors (Lipinski definition) is 0. The van der Waals surface area contributed by atoms with Gasteiger partial charge < -0.3 is 4.42 Å². The maximum Gasteiger partial charge on any atom is 0.227 e. The molecule has 0 atom stereocenters. The van der Waals surface area contributed by atoms with Gasteiger partial charge in [-0.25, -0.2) is 19.9 Å². The second kappa shape index (κ2) is 12.0. The van der Waals surface area contributed by atoms with Gasteiger partial charge in [0.25, 0.3) is 0 Å². The van der Waals surface area contributed by atoms with Crippen LogP contribution in [0.4, 0.5) is 0 Å². The molecule has 7 heteroatoms. The Morgan fingerprint density at radius 1 is 0.377 bits per heavy atom. The number of rotatable bonds is 5. The van der Waals surface area contributed by atoms with E-state index in [4.69, 9.17) is 19.4 Å². The molecule has 11 aromatic rings. The minimum Gasteiger partial charge on any atom is -0.436 e. The van der Waals surface area contributed by atoms with Crippen LogP contribution < -0.4 is 0 Å². The average molecular weight is 715 g/mol. The molecule has 0 unspecified atom stereocenters. The molecule has 0 radical (unpaired) electrons. The van der Waals surface area contributed by atoms with E-state index in [1.807, 2.05) is 42.5 Å². The van der Waals surface area contributed by atoms with Crippen molar-refractivity contribution in [2.24, 2.45) is 0 Å². The Balaban J connectivity index is 1.01. The maximum absolute atomic E-state index is 6.01. The highest BCUT2D eigenvalue weighted by Gasteiger charge is 2.18. The van der Waals surface area contributed by atoms with Crippen LogP contribution in [0.1, 0.15) is 0 Å². The topological polar surface area (TPSA) is 64.7 Å². The lowest BCUT2D eigenvalue weighted by atomic mass is 10.0. The molecule has 11 rings (SSSR count). The summed E-state index contributed by atoms with van der Waals surface area (Å²) in [5.74, 6) is 2.61. The van der Waals surface area contributed by atoms with Crippen LogP contribution in [0.25, 0.3) is 108 Å². The van der Waals surface area contributed by atoms with Gasteiger partial charge in [-0.1, -0.05) is 103 Å². The fraction of sp³-hybridized carbons (Fsp3) is 0. The Morgan fingerprint density at radius 2 is 1.06 bits per heavy atom. The number of thiophene rings is 2. The first-order valence-corrected chi connectivity index (χ1v) is 19.0. The zero-order chi connectivity index (χ0) is 34.9. The quantitative estimate of drug-likeness (QED) is 0.178. The van der Waals surface area contributed by atoms with E-state index in [0.717, 1.165) is 49.2 Å². The van der Waals surface area contributed by atoms with E-state index in [1.54, 1.807) is 22.7 Å². The molecule has 0 spiro atoms. The van der Waals surface area contributed by atoms with Crippen LogP contribution in [-0.2, 0) is 0 Å². The van der Waals surface area contributed by atoms with Gasteiger partial charge in [0.2, 0.25) is 5.89 Å². The standard InChI is InChI=1S/C46H26N4OS2/c1-2-9-28(10-3-1)43-48-44(31-21-23-33-32-11-4-7-16-39(32)52-41(33)26-31)50-45(49-43)35-13-8-12-34-36-25-30(22-24-40(36)53-42(34)35)27-17-19-29(20-18-27)46-47-37-14-5-6-15-38(37)51-46/h1-26H. The molecule has 0 aliphatic carbocycles. The van der Waals surface area contributed by atoms with E-state index in [1.165, 1.54) is 35.6 Å². The van der Waals surface area contributed by atoms with Gasteiger partial charge in [0.1, 0.15) is 5.52 Å². The molecule has 0 fully saturated rings. The molecule has 0 saturated heterocycles. The van der Waals surface area contributed by atoms with Crippen LogP contribution in [0.15, 0.2) is 162 Å². The molecule has 4 aromatic heterocycles. The summed E-state index contributed by atoms with van der Waals surface area (Å²) in [6.07, 6.45) is 0. The summed E-state index contributed by atoms with van der Waals surface area (Å²) in [7, 11) is 0. The highest BCUT2D eigenvalue weighted by molar-refractivity contribution is 7.26. The first-order chi connectivity index (χ1) is 26.2. The first-order valence-electron chi connectivity index (χ1n) is 17.4. The van der Waals surface area contributed by atoms with Gasteiger partial charge in [-0.3, -0.25) is 0 Å². The van der Waals surface area contributed by atoms with Gasteiger partial charge in [-0.05, 0) is 65.7 Å². The van der Waals surface area contributed by atoms with Crippen molar-refractivity contribution in [3.8, 4) is 56.7 Å². The van der Waals surface area contributed by atoms with Crippen molar-refractivity contribution in [1.29, 1.82) is 0 Å². The van der Waals surface area contributed by atoms with Gasteiger partial charge in [0.05, 0.1) is 0 Å². The molecular weight excluding hydrogens is 689 g/mol. The van der Waals surface area contributed by atoms with E-state index in [-0.39, 0.29) is 0 Å². The second-order valence-corrected chi connectivity index (χ2v) is 15.2. The minimum atomic E-state index is 0.627. The second-order valence-electron chi connectivity index (χ2n) is 13.0. The number of benzene rings is 7. The van der Waals surface area contributed by atoms with Crippen LogP contribution in [0, 0.1) is 0 Å². The van der Waals surface area contributed by atoms with Crippen molar-refractivity contribution in [3.05, 3.63) is 158 Å². The molecule has 0 aliphatic heterocycles. The zero-order valence-electron chi connectivity index (χ0n) is 28.0. The SMILES string of the molecule is c1ccc(-c2nc(-c3ccc4c(c3)sc3ccccc34)nc(-c3cccc4c3sc3ccc(-c5ccc(-c6nc7ccccc7o6)cc5)cc34)n2)cc1. The van der Waals surface area contributed by atoms with E-state index in [2.05, 4.69) is 120 Å². The number of fused-ring (bicyclic) bond motifs is 7. The van der Waals surface area contributed by atoms with Crippen molar-refractivity contribution in [3.63, 3.8) is 0 Å². The van der Waals surface area contributed by atoms with Gasteiger partial charge in [0.15, 0.2) is 23.1 Å². The number of nitrogens with zero attached hydrogens (tertiary/aromatic N) is 4. The molecule has 0 amide bonds. The summed E-state index contributed by atoms with van der Waals surface area (Å²) in [5, 5.41) is 4.92. The normalized spacial score (nSPS) is 11.8. The van der Waals surface area contributed by atoms with Crippen molar-refractivity contribution >= 4 is 74.1 Å². The third kappa shape index (κ3) is 5.12. The molecule has 0 aliphatic rings. The third-order valence-electron chi connectivity index (χ3n) is 9.80. The predicted molar refractivity (Wildman–Crippen MR) is 220 cm³/mol. The fourth-order valence-electron chi connectivity index (χ4n) is 7.16. The van der Waals surface area contributed by atoms with Crippen molar-refractivity contribution in [2.45, 2.75) is 0 Å². The van der Waals surface area contributed by atoms with Crippen LogP contribution >= 0.6 is 22.7 Å². The lowest BCUT2D eigenvalue weighted by Crippen LogP contribution is -2.00. The smallest absolute Gasteiger partial charge is 0.227 e. The average Bonchev–Trinajstić information content (AvgIpc) is 3.94. The highest BCUT2D eigenvalue weighted by atomic mass is 32.1. The molecule has 0 N–H and O–H groups in total. The molecular formula is C46H26N4OS2. The van der Waals surface area contributed by atoms with Crippen LogP contribution in [0.5, 0.6) is 0 Å². The van der Waals surface area contributed by atoms with E-state index in [0.29, 0.717) is 23.4 Å². The lowest BCUT2D eigenvalue weighted by Gasteiger charge is -2.09. The summed E-state index contributed by atoms with van der Waals surface area (Å²) in [6.45, 7) is 0. The van der Waals surface area contributed by atoms with Gasteiger partial charge >= 0.3 is 0 Å². The molecule has 53 heavy (non-hydrogen) atoms. The van der Waals surface area contributed by atoms with Crippen LogP contribution in [0.3, 0.4) is 0 Å². The Labute approximate surface area is 311 Å². The molecule has 248 valence electrons. The highest BCUT2D eigenvalue weighted by Crippen LogP contribution is 2.42. The number of aromatic nitrogens is 4. The lowest BCUT2D eigenvalue weighted by molar-refractivity contribution is 0.620. The summed E-state index contributed by atoms with van der Waals surface area (Å²) < 4.78 is 10.9. The maximum atomic E-state index is 6.01. The molecule has 5 nitrogen and oxygen atoms in total. The van der Waals surface area contributed by atoms with E-state index in [9.17, 15) is 0 Å². The summed E-state index contributed by atoms with van der Waals surface area (Å²) in [5.41, 5.74) is 7.81. The first kappa shape index (κ1) is 30.1. The van der Waals surface area contributed by atoms with Crippen molar-refractivity contribution in [2.75, 3.05) is 0 Å². The van der Waals surface area contributed by atoms with E-state index < -0.39 is 0 Å². The Morgan fingerprint density at radius 3 is 1.94 bits per heavy atom. The summed E-state index contributed by atoms with van der Waals surface area (Å²) in [4.78, 5) is 20.0. The largest absolute Gasteiger partial charge is 0.436 e. The van der Waals surface area contributed by atoms with Crippen LogP contribution in [0.2, 0.25) is 0 Å². The number of hydrogen-bond acceptors (Lipinski definition) is 7. The Kier molecular flexibility index (Phi) is 6.83. The summed E-state index contributed by atoms with van der Waals surface area (Å²) in [6, 6.07) is 54.7. The minimum absolute atomic E-state index is 0.627. The molecule has 0 bridgehead atoms. The molecule has 4 heterocycles. The van der Waals surface area contributed by atoms with Crippen molar-refractivity contribution < 1.29 is 4.42 Å². The van der Waals surface area contributed by atoms with Gasteiger partial charge in [-0.15, -0.1) is 22.7 Å². The number of oxazole rings is 1. The van der Waals surface area contributed by atoms with Gasteiger partial charge in [-0.2, -0.15) is 0 Å². The summed E-state index contributed by atoms with van der Waals surface area (Å²) >= 11 is 3.58. The number of para-hydroxylation sites is 2. The molecule has 0 saturated carbocycles. The van der Waals surface area contributed by atoms with Gasteiger partial charge in [0, 0.05) is 62.6 Å². The Hall–Kier alpha value is -6.54. The monoisotopic (exact) mass is 714 g/mol. The third-order valence-corrected chi connectivity index (χ3v) is 12.2. The Bertz CT molecular complexity index is 3150. The zero-order valence-corrected chi connectivity index (χ0v) is 29.7. The van der Waals surface area contributed by atoms with Crippen molar-refractivity contribution in [1.82, 2.24) is 19.9 Å². The fourth-order valence-corrected chi connectivity index (χ4v) is 9.50. The van der Waals surface area contributed by atoms with E-state index >= 15 is 0 Å². The molecule has 7 aromatic carbocycles. The van der Waals surface area contributed by atoms with Crippen LogP contribution in [-0.4, -0.2) is 19.9 Å². The predicted octanol–water partition coefficient (Wildman–Crippen LogP) is 13.1.